The number of aromatic nitrogens is 2. The Kier molecular flexibility index (Phi) is 7.61. The summed E-state index contributed by atoms with van der Waals surface area (Å²) in [6, 6.07) is 0. The number of halogens is 1. The maximum Gasteiger partial charge on any atom is 0.271 e. The topological polar surface area (TPSA) is 58.1 Å². The molecule has 0 saturated heterocycles. The number of hydrogen-bond donors (Lipinski definition) is 1. The summed E-state index contributed by atoms with van der Waals surface area (Å²) in [6.45, 7) is 11.7. The van der Waals surface area contributed by atoms with Crippen molar-refractivity contribution in [2.24, 2.45) is 0 Å². The van der Waals surface area contributed by atoms with Crippen molar-refractivity contribution in [3.8, 4) is 0 Å². The van der Waals surface area contributed by atoms with E-state index < -0.39 is 0 Å². The summed E-state index contributed by atoms with van der Waals surface area (Å²) in [4.78, 5) is 22.8. The van der Waals surface area contributed by atoms with Crippen molar-refractivity contribution in [2.45, 2.75) is 40.0 Å². The Bertz CT molecular complexity index is 465. The first-order chi connectivity index (χ1) is 9.99. The molecule has 0 saturated carbocycles. The van der Waals surface area contributed by atoms with Gasteiger partial charge in [-0.3, -0.25) is 4.79 Å². The van der Waals surface area contributed by atoms with Crippen molar-refractivity contribution in [3.63, 3.8) is 0 Å². The summed E-state index contributed by atoms with van der Waals surface area (Å²) >= 11 is 6.02. The van der Waals surface area contributed by atoms with Gasteiger partial charge in [0.05, 0.1) is 11.2 Å². The zero-order chi connectivity index (χ0) is 15.8. The van der Waals surface area contributed by atoms with Crippen LogP contribution in [0.1, 0.15) is 56.3 Å². The monoisotopic (exact) mass is 312 g/mol. The minimum absolute atomic E-state index is 0.161. The molecule has 0 aliphatic heterocycles. The smallest absolute Gasteiger partial charge is 0.271 e. The van der Waals surface area contributed by atoms with E-state index >= 15 is 0 Å². The average Bonchev–Trinajstić information content (AvgIpc) is 2.46. The molecule has 0 atom stereocenters. The van der Waals surface area contributed by atoms with Crippen LogP contribution in [-0.4, -0.2) is 47.0 Å². The van der Waals surface area contributed by atoms with Gasteiger partial charge in [-0.05, 0) is 19.5 Å². The third-order valence-electron chi connectivity index (χ3n) is 3.19. The lowest BCUT2D eigenvalue weighted by molar-refractivity contribution is 0.0943. The zero-order valence-corrected chi connectivity index (χ0v) is 14.1. The molecule has 0 spiro atoms. The second kappa shape index (κ2) is 8.95. The molecule has 0 aliphatic carbocycles. The van der Waals surface area contributed by atoms with Gasteiger partial charge in [0.15, 0.2) is 0 Å². The molecule has 1 N–H and O–H groups in total. The van der Waals surface area contributed by atoms with Crippen LogP contribution in [0.25, 0.3) is 0 Å². The summed E-state index contributed by atoms with van der Waals surface area (Å²) in [5.41, 5.74) is 0.258. The van der Waals surface area contributed by atoms with Crippen LogP contribution in [0.15, 0.2) is 6.20 Å². The maximum atomic E-state index is 12.2. The second-order valence-corrected chi connectivity index (χ2v) is 5.68. The van der Waals surface area contributed by atoms with Crippen LogP contribution >= 0.6 is 11.6 Å². The summed E-state index contributed by atoms with van der Waals surface area (Å²) in [5.74, 6) is 0.552. The number of carbonyl (C=O) groups is 1. The third-order valence-corrected chi connectivity index (χ3v) is 3.47. The van der Waals surface area contributed by atoms with Crippen LogP contribution in [0.4, 0.5) is 0 Å². The van der Waals surface area contributed by atoms with E-state index in [1.54, 1.807) is 0 Å². The Morgan fingerprint density at radius 2 is 2.10 bits per heavy atom. The predicted molar refractivity (Wildman–Crippen MR) is 85.9 cm³/mol. The van der Waals surface area contributed by atoms with Crippen molar-refractivity contribution in [1.82, 2.24) is 20.2 Å². The average molecular weight is 313 g/mol. The highest BCUT2D eigenvalue weighted by atomic mass is 35.5. The molecular formula is C15H25ClN4O. The van der Waals surface area contributed by atoms with E-state index in [1.807, 2.05) is 13.8 Å². The van der Waals surface area contributed by atoms with Gasteiger partial charge >= 0.3 is 0 Å². The van der Waals surface area contributed by atoms with Crippen LogP contribution < -0.4 is 5.32 Å². The fraction of sp³-hybridized carbons (Fsp3) is 0.667. The fourth-order valence-corrected chi connectivity index (χ4v) is 2.15. The molecular weight excluding hydrogens is 288 g/mol. The predicted octanol–water partition coefficient (Wildman–Crippen LogP) is 2.72. The van der Waals surface area contributed by atoms with Gasteiger partial charge in [-0.25, -0.2) is 9.97 Å². The number of nitrogens with zero attached hydrogens (tertiary/aromatic N) is 3. The number of amides is 1. The first-order valence-corrected chi connectivity index (χ1v) is 7.90. The molecule has 21 heavy (non-hydrogen) atoms. The number of carbonyl (C=O) groups excluding carboxylic acids is 1. The van der Waals surface area contributed by atoms with Gasteiger partial charge < -0.3 is 10.2 Å². The fourth-order valence-electron chi connectivity index (χ4n) is 1.97. The first-order valence-electron chi connectivity index (χ1n) is 7.52. The summed E-state index contributed by atoms with van der Waals surface area (Å²) in [6.07, 6.45) is 2.60. The van der Waals surface area contributed by atoms with Gasteiger partial charge in [-0.1, -0.05) is 39.3 Å². The quantitative estimate of drug-likeness (QED) is 0.802. The van der Waals surface area contributed by atoms with E-state index in [0.29, 0.717) is 12.4 Å². The van der Waals surface area contributed by atoms with E-state index in [-0.39, 0.29) is 22.5 Å². The highest BCUT2D eigenvalue weighted by Gasteiger charge is 2.15. The molecule has 0 aliphatic rings. The Hall–Kier alpha value is -1.20. The minimum Gasteiger partial charge on any atom is -0.349 e. The van der Waals surface area contributed by atoms with Crippen molar-refractivity contribution in [2.75, 3.05) is 26.2 Å². The summed E-state index contributed by atoms with van der Waals surface area (Å²) in [7, 11) is 0. The minimum atomic E-state index is -0.239. The van der Waals surface area contributed by atoms with Crippen LogP contribution in [0.2, 0.25) is 5.02 Å². The lowest BCUT2D eigenvalue weighted by atomic mass is 10.2. The van der Waals surface area contributed by atoms with Crippen molar-refractivity contribution >= 4 is 17.5 Å². The molecule has 0 aromatic carbocycles. The molecule has 1 amide bonds. The van der Waals surface area contributed by atoms with E-state index in [4.69, 9.17) is 11.6 Å². The number of likely N-dealkylation sites (N-methyl/N-ethyl adjacent to an activating group) is 1. The van der Waals surface area contributed by atoms with Gasteiger partial charge in [-0.15, -0.1) is 0 Å². The molecule has 118 valence electrons. The van der Waals surface area contributed by atoms with Crippen LogP contribution in [0.5, 0.6) is 0 Å². The normalized spacial score (nSPS) is 11.2. The Balaban J connectivity index is 2.61. The lowest BCUT2D eigenvalue weighted by Crippen LogP contribution is -2.35. The van der Waals surface area contributed by atoms with E-state index in [0.717, 1.165) is 26.1 Å². The molecule has 0 bridgehead atoms. The Morgan fingerprint density at radius 1 is 1.38 bits per heavy atom. The largest absolute Gasteiger partial charge is 0.349 e. The molecule has 0 radical (unpaired) electrons. The van der Waals surface area contributed by atoms with Gasteiger partial charge in [0, 0.05) is 19.0 Å². The Morgan fingerprint density at radius 3 is 2.67 bits per heavy atom. The van der Waals surface area contributed by atoms with Crippen molar-refractivity contribution in [1.29, 1.82) is 0 Å². The van der Waals surface area contributed by atoms with E-state index in [9.17, 15) is 4.79 Å². The van der Waals surface area contributed by atoms with Gasteiger partial charge in [-0.2, -0.15) is 0 Å². The van der Waals surface area contributed by atoms with E-state index in [2.05, 4.69) is 34.0 Å². The van der Waals surface area contributed by atoms with Gasteiger partial charge in [0.2, 0.25) is 0 Å². The number of hydrogen-bond acceptors (Lipinski definition) is 4. The van der Waals surface area contributed by atoms with Crippen molar-refractivity contribution < 1.29 is 4.79 Å². The number of rotatable bonds is 8. The second-order valence-electron chi connectivity index (χ2n) is 5.27. The molecule has 0 fully saturated rings. The van der Waals surface area contributed by atoms with Crippen LogP contribution in [0.3, 0.4) is 0 Å². The molecule has 1 aromatic rings. The standard InChI is InChI=1S/C15H25ClN4O/c1-5-8-20(6-2)9-7-17-15(21)13-12(16)10-18-14(19-13)11(3)4/h10-11H,5-9H2,1-4H3,(H,17,21). The zero-order valence-electron chi connectivity index (χ0n) is 13.3. The van der Waals surface area contributed by atoms with Crippen LogP contribution in [-0.2, 0) is 0 Å². The molecule has 1 aromatic heterocycles. The summed E-state index contributed by atoms with van der Waals surface area (Å²) < 4.78 is 0. The number of nitrogens with one attached hydrogen (secondary N) is 1. The van der Waals surface area contributed by atoms with Crippen molar-refractivity contribution in [3.05, 3.63) is 22.7 Å². The molecule has 0 unspecified atom stereocenters. The SMILES string of the molecule is CCCN(CC)CCNC(=O)c1nc(C(C)C)ncc1Cl. The van der Waals surface area contributed by atoms with Gasteiger partial charge in [0.1, 0.15) is 11.5 Å². The third kappa shape index (κ3) is 5.59. The Labute approximate surface area is 132 Å². The molecule has 1 heterocycles. The molecule has 6 heteroatoms. The first kappa shape index (κ1) is 17.9. The van der Waals surface area contributed by atoms with E-state index in [1.165, 1.54) is 6.20 Å². The summed E-state index contributed by atoms with van der Waals surface area (Å²) in [5, 5.41) is 3.16. The highest BCUT2D eigenvalue weighted by Crippen LogP contribution is 2.16. The van der Waals surface area contributed by atoms with Crippen LogP contribution in [0, 0.1) is 0 Å². The van der Waals surface area contributed by atoms with Gasteiger partial charge in [0.25, 0.3) is 5.91 Å². The molecule has 5 nitrogen and oxygen atoms in total. The maximum absolute atomic E-state index is 12.2. The molecule has 1 rings (SSSR count). The highest BCUT2D eigenvalue weighted by molar-refractivity contribution is 6.33. The lowest BCUT2D eigenvalue weighted by Gasteiger charge is -2.19.